The first kappa shape index (κ1) is 17.0. The van der Waals surface area contributed by atoms with Crippen molar-refractivity contribution in [3.63, 3.8) is 0 Å². The molecule has 23 heavy (non-hydrogen) atoms. The summed E-state index contributed by atoms with van der Waals surface area (Å²) in [5, 5.41) is 14.1. The maximum atomic E-state index is 12.4. The summed E-state index contributed by atoms with van der Waals surface area (Å²) in [5.74, 6) is -1.84. The predicted molar refractivity (Wildman–Crippen MR) is 77.0 cm³/mol. The van der Waals surface area contributed by atoms with Gasteiger partial charge in [-0.05, 0) is 25.8 Å². The minimum atomic E-state index is -4.88. The van der Waals surface area contributed by atoms with E-state index in [1.54, 1.807) is 19.1 Å². The van der Waals surface area contributed by atoms with E-state index < -0.39 is 22.5 Å². The van der Waals surface area contributed by atoms with E-state index in [2.05, 4.69) is 5.32 Å². The van der Waals surface area contributed by atoms with E-state index in [1.165, 1.54) is 12.1 Å². The Morgan fingerprint density at radius 2 is 1.87 bits per heavy atom. The average molecular weight is 331 g/mol. The molecule has 0 radical (unpaired) electrons. The lowest BCUT2D eigenvalue weighted by Crippen LogP contribution is -2.52. The number of nitrogens with zero attached hydrogens (tertiary/aromatic N) is 2. The Morgan fingerprint density at radius 3 is 2.39 bits per heavy atom. The van der Waals surface area contributed by atoms with E-state index in [1.807, 2.05) is 0 Å². The number of alkyl halides is 3. The Balaban J connectivity index is 2.06. The Kier molecular flexibility index (Phi) is 4.49. The largest absolute Gasteiger partial charge is 0.471 e. The van der Waals surface area contributed by atoms with Crippen molar-refractivity contribution in [1.29, 1.82) is 0 Å². The normalized spacial score (nSPS) is 17.7. The SMILES string of the molecule is CC1(Nc2ccccc2[N+](=O)[O-])CCN(C(=O)C(F)(F)F)CC1. The van der Waals surface area contributed by atoms with Gasteiger partial charge in [0.1, 0.15) is 5.69 Å². The predicted octanol–water partition coefficient (Wildman–Crippen LogP) is 2.95. The Labute approximate surface area is 130 Å². The van der Waals surface area contributed by atoms with Gasteiger partial charge in [0.15, 0.2) is 0 Å². The van der Waals surface area contributed by atoms with Gasteiger partial charge in [-0.25, -0.2) is 0 Å². The van der Waals surface area contributed by atoms with E-state index in [0.717, 1.165) is 4.90 Å². The first-order chi connectivity index (χ1) is 10.6. The molecule has 1 aliphatic rings. The van der Waals surface area contributed by atoms with Gasteiger partial charge in [-0.15, -0.1) is 0 Å². The Hall–Kier alpha value is -2.32. The number of nitro benzene ring substituents is 1. The minimum Gasteiger partial charge on any atom is -0.374 e. The molecule has 1 saturated heterocycles. The third-order valence-electron chi connectivity index (χ3n) is 3.93. The number of carbonyl (C=O) groups excluding carboxylic acids is 1. The number of likely N-dealkylation sites (tertiary alicyclic amines) is 1. The van der Waals surface area contributed by atoms with Gasteiger partial charge in [0.05, 0.1) is 4.92 Å². The fourth-order valence-electron chi connectivity index (χ4n) is 2.57. The van der Waals surface area contributed by atoms with Crippen molar-refractivity contribution in [2.45, 2.75) is 31.5 Å². The van der Waals surface area contributed by atoms with Crippen LogP contribution in [0.25, 0.3) is 0 Å². The van der Waals surface area contributed by atoms with Crippen LogP contribution in [0.15, 0.2) is 24.3 Å². The molecule has 0 atom stereocenters. The van der Waals surface area contributed by atoms with Crippen molar-refractivity contribution in [2.75, 3.05) is 18.4 Å². The summed E-state index contributed by atoms with van der Waals surface area (Å²) < 4.78 is 37.3. The van der Waals surface area contributed by atoms with Gasteiger partial charge in [0.25, 0.3) is 5.69 Å². The highest BCUT2D eigenvalue weighted by Gasteiger charge is 2.44. The van der Waals surface area contributed by atoms with Crippen molar-refractivity contribution >= 4 is 17.3 Å². The molecule has 1 fully saturated rings. The van der Waals surface area contributed by atoms with Crippen LogP contribution in [-0.4, -0.2) is 40.5 Å². The van der Waals surface area contributed by atoms with Crippen LogP contribution in [-0.2, 0) is 4.79 Å². The molecule has 1 heterocycles. The zero-order chi connectivity index (χ0) is 17.3. The van der Waals surface area contributed by atoms with E-state index in [0.29, 0.717) is 5.69 Å². The summed E-state index contributed by atoms with van der Waals surface area (Å²) in [6.07, 6.45) is -4.35. The van der Waals surface area contributed by atoms with Crippen LogP contribution in [0.5, 0.6) is 0 Å². The summed E-state index contributed by atoms with van der Waals surface area (Å²) in [6.45, 7) is 1.67. The molecule has 1 aromatic carbocycles. The van der Waals surface area contributed by atoms with Crippen LogP contribution in [0.4, 0.5) is 24.5 Å². The minimum absolute atomic E-state index is 0.0531. The van der Waals surface area contributed by atoms with E-state index in [4.69, 9.17) is 0 Å². The average Bonchev–Trinajstić information content (AvgIpc) is 2.46. The smallest absolute Gasteiger partial charge is 0.374 e. The first-order valence-electron chi connectivity index (χ1n) is 7.00. The van der Waals surface area contributed by atoms with Gasteiger partial charge < -0.3 is 10.2 Å². The molecule has 2 rings (SSSR count). The molecule has 1 aromatic rings. The van der Waals surface area contributed by atoms with Crippen LogP contribution in [0.2, 0.25) is 0 Å². The number of amides is 1. The topological polar surface area (TPSA) is 75.5 Å². The molecule has 1 amide bonds. The molecule has 126 valence electrons. The maximum Gasteiger partial charge on any atom is 0.471 e. The van der Waals surface area contributed by atoms with Gasteiger partial charge in [-0.1, -0.05) is 12.1 Å². The van der Waals surface area contributed by atoms with Crippen LogP contribution < -0.4 is 5.32 Å². The quantitative estimate of drug-likeness (QED) is 0.682. The second-order valence-electron chi connectivity index (χ2n) is 5.75. The highest BCUT2D eigenvalue weighted by atomic mass is 19.4. The van der Waals surface area contributed by atoms with Gasteiger partial charge in [0, 0.05) is 24.7 Å². The number of carbonyl (C=O) groups is 1. The number of nitrogens with one attached hydrogen (secondary N) is 1. The molecule has 0 bridgehead atoms. The monoisotopic (exact) mass is 331 g/mol. The molecule has 1 aliphatic heterocycles. The van der Waals surface area contributed by atoms with Crippen LogP contribution in [0, 0.1) is 10.1 Å². The number of halogens is 3. The maximum absolute atomic E-state index is 12.4. The number of benzene rings is 1. The lowest BCUT2D eigenvalue weighted by atomic mass is 9.89. The molecule has 6 nitrogen and oxygen atoms in total. The van der Waals surface area contributed by atoms with E-state index in [-0.39, 0.29) is 31.6 Å². The fraction of sp³-hybridized carbons (Fsp3) is 0.500. The number of piperidine rings is 1. The van der Waals surface area contributed by atoms with Crippen molar-refractivity contribution in [1.82, 2.24) is 4.90 Å². The van der Waals surface area contributed by atoms with Crippen molar-refractivity contribution in [2.24, 2.45) is 0 Å². The Bertz CT molecular complexity index is 611. The molecule has 0 spiro atoms. The third-order valence-corrected chi connectivity index (χ3v) is 3.93. The number of rotatable bonds is 3. The number of para-hydroxylation sites is 2. The van der Waals surface area contributed by atoms with Crippen LogP contribution >= 0.6 is 0 Å². The van der Waals surface area contributed by atoms with Gasteiger partial charge in [-0.3, -0.25) is 14.9 Å². The van der Waals surface area contributed by atoms with Gasteiger partial charge in [0.2, 0.25) is 0 Å². The molecule has 9 heteroatoms. The van der Waals surface area contributed by atoms with Crippen LogP contribution in [0.3, 0.4) is 0 Å². The van der Waals surface area contributed by atoms with Crippen molar-refractivity contribution in [3.05, 3.63) is 34.4 Å². The molecule has 0 saturated carbocycles. The number of hydrogen-bond donors (Lipinski definition) is 1. The molecule has 1 N–H and O–H groups in total. The molecule has 0 aromatic heterocycles. The molecular formula is C14H16F3N3O3. The van der Waals surface area contributed by atoms with Gasteiger partial charge in [-0.2, -0.15) is 13.2 Å². The second kappa shape index (κ2) is 6.05. The standard InChI is InChI=1S/C14H16F3N3O3/c1-13(18-10-4-2-3-5-11(10)20(22)23)6-8-19(9-7-13)12(21)14(15,16)17/h2-5,18H,6-9H2,1H3. The van der Waals surface area contributed by atoms with E-state index >= 15 is 0 Å². The van der Waals surface area contributed by atoms with E-state index in [9.17, 15) is 28.1 Å². The number of nitro groups is 1. The van der Waals surface area contributed by atoms with Gasteiger partial charge >= 0.3 is 12.1 Å². The lowest BCUT2D eigenvalue weighted by Gasteiger charge is -2.40. The summed E-state index contributed by atoms with van der Waals surface area (Å²) in [5.41, 5.74) is -0.396. The van der Waals surface area contributed by atoms with Crippen molar-refractivity contribution in [3.8, 4) is 0 Å². The fourth-order valence-corrected chi connectivity index (χ4v) is 2.57. The lowest BCUT2D eigenvalue weighted by molar-refractivity contribution is -0.384. The highest BCUT2D eigenvalue weighted by Crippen LogP contribution is 2.32. The zero-order valence-electron chi connectivity index (χ0n) is 12.4. The number of hydrogen-bond acceptors (Lipinski definition) is 4. The highest BCUT2D eigenvalue weighted by molar-refractivity contribution is 5.82. The summed E-state index contributed by atoms with van der Waals surface area (Å²) in [4.78, 5) is 22.5. The zero-order valence-corrected chi connectivity index (χ0v) is 12.4. The summed E-state index contributed by atoms with van der Waals surface area (Å²) in [6, 6.07) is 6.09. The first-order valence-corrected chi connectivity index (χ1v) is 7.00. The Morgan fingerprint density at radius 1 is 1.30 bits per heavy atom. The summed E-state index contributed by atoms with van der Waals surface area (Å²) in [7, 11) is 0. The van der Waals surface area contributed by atoms with Crippen molar-refractivity contribution < 1.29 is 22.9 Å². The molecular weight excluding hydrogens is 315 g/mol. The molecule has 0 unspecified atom stereocenters. The second-order valence-corrected chi connectivity index (χ2v) is 5.75. The van der Waals surface area contributed by atoms with Crippen LogP contribution in [0.1, 0.15) is 19.8 Å². The third kappa shape index (κ3) is 3.91. The summed E-state index contributed by atoms with van der Waals surface area (Å²) >= 11 is 0. The molecule has 0 aliphatic carbocycles. The number of anilines is 1.